The molecule has 1 N–H and O–H groups in total. The molecule has 1 aromatic carbocycles. The summed E-state index contributed by atoms with van der Waals surface area (Å²) in [6, 6.07) is 10.3. The third-order valence-corrected chi connectivity index (χ3v) is 6.04. The number of rotatable bonds is 10. The van der Waals surface area contributed by atoms with Crippen LogP contribution in [0.1, 0.15) is 10.4 Å². The molecule has 3 rings (SSSR count). The highest BCUT2D eigenvalue weighted by Crippen LogP contribution is 2.29. The van der Waals surface area contributed by atoms with Gasteiger partial charge in [-0.1, -0.05) is 12.1 Å². The number of hydrogen-bond acceptors (Lipinski definition) is 7. The first-order chi connectivity index (χ1) is 14.0. The Labute approximate surface area is 178 Å². The Morgan fingerprint density at radius 1 is 1.14 bits per heavy atom. The van der Waals surface area contributed by atoms with Crippen molar-refractivity contribution in [3.63, 3.8) is 0 Å². The number of likely N-dealkylation sites (N-methyl/N-ethyl adjacent to an activating group) is 1. The zero-order valence-corrected chi connectivity index (χ0v) is 18.5. The van der Waals surface area contributed by atoms with Crippen LogP contribution in [0.25, 0.3) is 0 Å². The second kappa shape index (κ2) is 10.9. The summed E-state index contributed by atoms with van der Waals surface area (Å²) in [6.07, 6.45) is -0.520. The zero-order chi connectivity index (χ0) is 20.6. The maximum absolute atomic E-state index is 10.4. The van der Waals surface area contributed by atoms with Crippen LogP contribution in [0.5, 0.6) is 11.5 Å². The molecule has 160 valence electrons. The van der Waals surface area contributed by atoms with Crippen LogP contribution in [0.3, 0.4) is 0 Å². The number of benzene rings is 1. The van der Waals surface area contributed by atoms with Crippen molar-refractivity contribution in [2.45, 2.75) is 19.2 Å². The van der Waals surface area contributed by atoms with Crippen molar-refractivity contribution in [3.05, 3.63) is 46.2 Å². The molecule has 2 heterocycles. The van der Waals surface area contributed by atoms with Gasteiger partial charge in [0.2, 0.25) is 0 Å². The molecule has 1 aliphatic heterocycles. The number of methoxy groups -OCH3 is 1. The van der Waals surface area contributed by atoms with Crippen LogP contribution in [-0.4, -0.2) is 86.4 Å². The van der Waals surface area contributed by atoms with Crippen molar-refractivity contribution in [2.75, 3.05) is 60.5 Å². The van der Waals surface area contributed by atoms with Gasteiger partial charge in [0.05, 0.1) is 7.11 Å². The molecular formula is C22H33N3O3S. The van der Waals surface area contributed by atoms with Crippen molar-refractivity contribution >= 4 is 11.3 Å². The molecule has 0 bridgehead atoms. The fourth-order valence-corrected chi connectivity index (χ4v) is 4.32. The number of β-amino-alcohol motifs (C(OH)–C–C–N with tert-alkyl or cyclic N) is 1. The van der Waals surface area contributed by atoms with Gasteiger partial charge in [0, 0.05) is 50.7 Å². The average molecular weight is 420 g/mol. The molecule has 2 aromatic rings. The maximum Gasteiger partial charge on any atom is 0.161 e. The molecule has 0 aliphatic carbocycles. The molecule has 1 aromatic heterocycles. The van der Waals surface area contributed by atoms with Crippen molar-refractivity contribution < 1.29 is 14.6 Å². The highest BCUT2D eigenvalue weighted by atomic mass is 32.1. The molecule has 0 amide bonds. The molecule has 29 heavy (non-hydrogen) atoms. The molecule has 7 heteroatoms. The van der Waals surface area contributed by atoms with Crippen molar-refractivity contribution in [1.82, 2.24) is 14.7 Å². The number of nitrogens with zero attached hydrogens (tertiary/aromatic N) is 3. The van der Waals surface area contributed by atoms with Gasteiger partial charge < -0.3 is 19.5 Å². The lowest BCUT2D eigenvalue weighted by Crippen LogP contribution is -2.47. The Bertz CT molecular complexity index is 733. The molecule has 0 unspecified atom stereocenters. The first-order valence-electron chi connectivity index (χ1n) is 10.1. The Hall–Kier alpha value is -1.64. The number of aliphatic hydroxyl groups is 1. The van der Waals surface area contributed by atoms with Crippen LogP contribution in [-0.2, 0) is 13.1 Å². The Morgan fingerprint density at radius 3 is 2.62 bits per heavy atom. The minimum absolute atomic E-state index is 0.261. The van der Waals surface area contributed by atoms with Gasteiger partial charge in [-0.2, -0.15) is 0 Å². The van der Waals surface area contributed by atoms with Gasteiger partial charge in [0.15, 0.2) is 11.5 Å². The van der Waals surface area contributed by atoms with Crippen molar-refractivity contribution in [3.8, 4) is 11.5 Å². The van der Waals surface area contributed by atoms with Crippen LogP contribution in [0.15, 0.2) is 35.7 Å². The number of ether oxygens (including phenoxy) is 2. The lowest BCUT2D eigenvalue weighted by Gasteiger charge is -2.33. The monoisotopic (exact) mass is 419 g/mol. The summed E-state index contributed by atoms with van der Waals surface area (Å²) in [5.74, 6) is 1.38. The van der Waals surface area contributed by atoms with E-state index in [0.29, 0.717) is 18.0 Å². The molecule has 1 fully saturated rings. The van der Waals surface area contributed by atoms with Gasteiger partial charge in [0.1, 0.15) is 12.7 Å². The summed E-state index contributed by atoms with van der Waals surface area (Å²) in [6.45, 7) is 6.71. The second-order valence-corrected chi connectivity index (χ2v) is 8.84. The van der Waals surface area contributed by atoms with Gasteiger partial charge in [-0.3, -0.25) is 9.80 Å². The minimum Gasteiger partial charge on any atom is -0.493 e. The maximum atomic E-state index is 10.4. The molecule has 0 spiro atoms. The van der Waals surface area contributed by atoms with E-state index in [1.807, 2.05) is 12.1 Å². The van der Waals surface area contributed by atoms with Gasteiger partial charge in [-0.15, -0.1) is 11.3 Å². The molecule has 0 saturated carbocycles. The number of aliphatic hydroxyl groups excluding tert-OH is 1. The Kier molecular flexibility index (Phi) is 8.32. The third kappa shape index (κ3) is 6.97. The predicted octanol–water partition coefficient (Wildman–Crippen LogP) is 2.38. The lowest BCUT2D eigenvalue weighted by atomic mass is 10.2. The van der Waals surface area contributed by atoms with E-state index in [2.05, 4.69) is 52.4 Å². The number of thiophene rings is 1. The zero-order valence-electron chi connectivity index (χ0n) is 17.7. The molecule has 1 saturated heterocycles. The van der Waals surface area contributed by atoms with Gasteiger partial charge >= 0.3 is 0 Å². The summed E-state index contributed by atoms with van der Waals surface area (Å²) in [5.41, 5.74) is 1.16. The normalized spacial score (nSPS) is 16.9. The standard InChI is InChI=1S/C22H33N3O3S/c1-23-8-10-25(11-9-23)15-19(26)17-28-22-13-18(6-7-21(22)27-3)14-24(2)16-20-5-4-12-29-20/h4-7,12-13,19,26H,8-11,14-17H2,1-3H3/t19-/m1/s1. The van der Waals surface area contributed by atoms with Crippen LogP contribution in [0.2, 0.25) is 0 Å². The summed E-state index contributed by atoms with van der Waals surface area (Å²) in [4.78, 5) is 8.23. The summed E-state index contributed by atoms with van der Waals surface area (Å²) < 4.78 is 11.4. The largest absolute Gasteiger partial charge is 0.493 e. The van der Waals surface area contributed by atoms with E-state index in [9.17, 15) is 5.11 Å². The highest BCUT2D eigenvalue weighted by Gasteiger charge is 2.18. The van der Waals surface area contributed by atoms with Crippen LogP contribution in [0, 0.1) is 0 Å². The Morgan fingerprint density at radius 2 is 1.93 bits per heavy atom. The average Bonchev–Trinajstić information content (AvgIpc) is 3.21. The van der Waals surface area contributed by atoms with E-state index in [0.717, 1.165) is 44.8 Å². The van der Waals surface area contributed by atoms with E-state index in [-0.39, 0.29) is 6.61 Å². The van der Waals surface area contributed by atoms with E-state index < -0.39 is 6.10 Å². The molecule has 0 radical (unpaired) electrons. The Balaban J connectivity index is 1.52. The van der Waals surface area contributed by atoms with Crippen LogP contribution >= 0.6 is 11.3 Å². The quantitative estimate of drug-likeness (QED) is 0.638. The predicted molar refractivity (Wildman–Crippen MR) is 118 cm³/mol. The lowest BCUT2D eigenvalue weighted by molar-refractivity contribution is 0.0497. The number of hydrogen-bond donors (Lipinski definition) is 1. The second-order valence-electron chi connectivity index (χ2n) is 7.81. The van der Waals surface area contributed by atoms with Gasteiger partial charge in [-0.05, 0) is 43.2 Å². The van der Waals surface area contributed by atoms with Gasteiger partial charge in [-0.25, -0.2) is 0 Å². The smallest absolute Gasteiger partial charge is 0.161 e. The fraction of sp³-hybridized carbons (Fsp3) is 0.545. The van der Waals surface area contributed by atoms with Crippen LogP contribution in [0.4, 0.5) is 0 Å². The van der Waals surface area contributed by atoms with E-state index in [1.165, 1.54) is 4.88 Å². The molecule has 6 nitrogen and oxygen atoms in total. The molecule has 1 aliphatic rings. The fourth-order valence-electron chi connectivity index (χ4n) is 3.54. The molecule has 1 atom stereocenters. The van der Waals surface area contributed by atoms with E-state index in [4.69, 9.17) is 9.47 Å². The van der Waals surface area contributed by atoms with Crippen molar-refractivity contribution in [1.29, 1.82) is 0 Å². The SMILES string of the molecule is COc1ccc(CN(C)Cc2cccs2)cc1OC[C@H](O)CN1CCN(C)CC1. The van der Waals surface area contributed by atoms with Crippen LogP contribution < -0.4 is 9.47 Å². The highest BCUT2D eigenvalue weighted by molar-refractivity contribution is 7.09. The summed E-state index contributed by atoms with van der Waals surface area (Å²) in [5, 5.41) is 12.5. The molecular weight excluding hydrogens is 386 g/mol. The van der Waals surface area contributed by atoms with E-state index in [1.54, 1.807) is 18.4 Å². The third-order valence-electron chi connectivity index (χ3n) is 5.18. The minimum atomic E-state index is -0.520. The van der Waals surface area contributed by atoms with E-state index >= 15 is 0 Å². The summed E-state index contributed by atoms with van der Waals surface area (Å²) in [7, 11) is 5.89. The van der Waals surface area contributed by atoms with Gasteiger partial charge in [0.25, 0.3) is 0 Å². The first-order valence-corrected chi connectivity index (χ1v) is 11.0. The first kappa shape index (κ1) is 22.1. The summed E-state index contributed by atoms with van der Waals surface area (Å²) >= 11 is 1.78. The topological polar surface area (TPSA) is 48.4 Å². The van der Waals surface area contributed by atoms with Crippen molar-refractivity contribution in [2.24, 2.45) is 0 Å². The number of piperazine rings is 1.